The van der Waals surface area contributed by atoms with E-state index in [4.69, 9.17) is 23.2 Å². The highest BCUT2D eigenvalue weighted by atomic mass is 35.5. The van der Waals surface area contributed by atoms with Crippen molar-refractivity contribution >= 4 is 34.9 Å². The molecule has 0 bridgehead atoms. The van der Waals surface area contributed by atoms with Crippen molar-refractivity contribution in [3.05, 3.63) is 106 Å². The lowest BCUT2D eigenvalue weighted by atomic mass is 9.96. The average molecular weight is 325 g/mol. The quantitative estimate of drug-likeness (QED) is 0.477. The van der Waals surface area contributed by atoms with Crippen LogP contribution in [0.4, 0.5) is 0 Å². The van der Waals surface area contributed by atoms with Gasteiger partial charge < -0.3 is 0 Å². The molecule has 0 aliphatic heterocycles. The molecule has 0 nitrogen and oxygen atoms in total. The van der Waals surface area contributed by atoms with Crippen LogP contribution in [0.3, 0.4) is 0 Å². The van der Waals surface area contributed by atoms with Gasteiger partial charge in [0.2, 0.25) is 0 Å². The maximum Gasteiger partial charge on any atom is 0.0406 e. The van der Waals surface area contributed by atoms with Crippen LogP contribution < -0.4 is 0 Å². The van der Waals surface area contributed by atoms with Gasteiger partial charge in [0, 0.05) is 10.0 Å². The minimum absolute atomic E-state index is 0.735. The molecular formula is C20H14Cl2. The first kappa shape index (κ1) is 14.9. The fourth-order valence-corrected chi connectivity index (χ4v) is 2.56. The third-order valence-corrected chi connectivity index (χ3v) is 3.92. The Balaban J connectivity index is 2.11. The molecule has 0 radical (unpaired) electrons. The van der Waals surface area contributed by atoms with E-state index in [1.165, 1.54) is 0 Å². The molecule has 3 rings (SSSR count). The minimum atomic E-state index is 0.735. The van der Waals surface area contributed by atoms with Crippen molar-refractivity contribution in [3.8, 4) is 0 Å². The predicted molar refractivity (Wildman–Crippen MR) is 96.3 cm³/mol. The van der Waals surface area contributed by atoms with Gasteiger partial charge in [-0.2, -0.15) is 0 Å². The van der Waals surface area contributed by atoms with Crippen LogP contribution in [0.25, 0.3) is 11.6 Å². The van der Waals surface area contributed by atoms with Gasteiger partial charge in [0.05, 0.1) is 0 Å². The summed E-state index contributed by atoms with van der Waals surface area (Å²) >= 11 is 12.0. The van der Waals surface area contributed by atoms with Crippen molar-refractivity contribution < 1.29 is 0 Å². The van der Waals surface area contributed by atoms with Gasteiger partial charge in [-0.25, -0.2) is 0 Å². The van der Waals surface area contributed by atoms with Crippen LogP contribution in [0, 0.1) is 0 Å². The first-order chi connectivity index (χ1) is 10.7. The summed E-state index contributed by atoms with van der Waals surface area (Å²) in [6.45, 7) is 0. The molecule has 0 aliphatic carbocycles. The summed E-state index contributed by atoms with van der Waals surface area (Å²) < 4.78 is 0. The van der Waals surface area contributed by atoms with E-state index in [1.807, 2.05) is 66.7 Å². The highest BCUT2D eigenvalue weighted by Crippen LogP contribution is 2.28. The van der Waals surface area contributed by atoms with Crippen molar-refractivity contribution in [2.45, 2.75) is 0 Å². The topological polar surface area (TPSA) is 0 Å². The van der Waals surface area contributed by atoms with Gasteiger partial charge in [-0.1, -0.05) is 77.8 Å². The number of hydrogen-bond acceptors (Lipinski definition) is 0. The zero-order valence-corrected chi connectivity index (χ0v) is 13.4. The Morgan fingerprint density at radius 3 is 1.50 bits per heavy atom. The molecular weight excluding hydrogens is 311 g/mol. The summed E-state index contributed by atoms with van der Waals surface area (Å²) in [5.74, 6) is 0. The zero-order valence-electron chi connectivity index (χ0n) is 11.8. The fourth-order valence-electron chi connectivity index (χ4n) is 2.31. The van der Waals surface area contributed by atoms with Crippen LogP contribution in [-0.2, 0) is 0 Å². The largest absolute Gasteiger partial charge is 0.0843 e. The van der Waals surface area contributed by atoms with E-state index >= 15 is 0 Å². The minimum Gasteiger partial charge on any atom is -0.0843 e. The molecule has 0 spiro atoms. The highest BCUT2D eigenvalue weighted by molar-refractivity contribution is 6.31. The van der Waals surface area contributed by atoms with Gasteiger partial charge in [-0.15, -0.1) is 0 Å². The second-order valence-corrected chi connectivity index (χ2v) is 5.86. The molecule has 0 aromatic heterocycles. The van der Waals surface area contributed by atoms with Crippen LogP contribution in [0.5, 0.6) is 0 Å². The molecule has 0 saturated carbocycles. The smallest absolute Gasteiger partial charge is 0.0406 e. The van der Waals surface area contributed by atoms with E-state index in [1.54, 1.807) is 0 Å². The SMILES string of the molecule is Clc1ccc(C(=Cc2ccccc2)c2ccc(Cl)cc2)cc1. The molecule has 0 aliphatic rings. The van der Waals surface area contributed by atoms with Crippen LogP contribution >= 0.6 is 23.2 Å². The number of benzene rings is 3. The zero-order chi connectivity index (χ0) is 15.4. The molecule has 108 valence electrons. The van der Waals surface area contributed by atoms with Gasteiger partial charge in [0.1, 0.15) is 0 Å². The normalized spacial score (nSPS) is 10.3. The molecule has 0 fully saturated rings. The maximum absolute atomic E-state index is 6.01. The summed E-state index contributed by atoms with van der Waals surface area (Å²) in [4.78, 5) is 0. The van der Waals surface area contributed by atoms with Crippen molar-refractivity contribution in [1.82, 2.24) is 0 Å². The average Bonchev–Trinajstić information content (AvgIpc) is 2.56. The monoisotopic (exact) mass is 324 g/mol. The number of halogens is 2. The number of rotatable bonds is 3. The Bertz CT molecular complexity index is 723. The van der Waals surface area contributed by atoms with Gasteiger partial charge in [0.15, 0.2) is 0 Å². The molecule has 3 aromatic rings. The van der Waals surface area contributed by atoms with Gasteiger partial charge in [-0.05, 0) is 52.6 Å². The van der Waals surface area contributed by atoms with Crippen molar-refractivity contribution in [1.29, 1.82) is 0 Å². The summed E-state index contributed by atoms with van der Waals surface area (Å²) in [6, 6.07) is 26.0. The third-order valence-electron chi connectivity index (χ3n) is 3.42. The molecule has 0 heterocycles. The molecule has 0 amide bonds. The van der Waals surface area contributed by atoms with E-state index in [0.717, 1.165) is 32.3 Å². The summed E-state index contributed by atoms with van der Waals surface area (Å²) in [7, 11) is 0. The van der Waals surface area contributed by atoms with E-state index < -0.39 is 0 Å². The molecule has 0 saturated heterocycles. The molecule has 0 unspecified atom stereocenters. The van der Waals surface area contributed by atoms with Crippen molar-refractivity contribution in [2.75, 3.05) is 0 Å². The summed E-state index contributed by atoms with van der Waals surface area (Å²) in [5.41, 5.74) is 4.54. The van der Waals surface area contributed by atoms with E-state index in [2.05, 4.69) is 18.2 Å². The van der Waals surface area contributed by atoms with Gasteiger partial charge >= 0.3 is 0 Å². The summed E-state index contributed by atoms with van der Waals surface area (Å²) in [5, 5.41) is 1.47. The summed E-state index contributed by atoms with van der Waals surface area (Å²) in [6.07, 6.45) is 2.17. The molecule has 0 atom stereocenters. The second-order valence-electron chi connectivity index (χ2n) is 4.98. The Morgan fingerprint density at radius 2 is 1.05 bits per heavy atom. The second kappa shape index (κ2) is 6.83. The maximum atomic E-state index is 6.01. The van der Waals surface area contributed by atoms with Crippen molar-refractivity contribution in [3.63, 3.8) is 0 Å². The Labute approximate surface area is 140 Å². The predicted octanol–water partition coefficient (Wildman–Crippen LogP) is 6.58. The Hall–Kier alpha value is -2.02. The van der Waals surface area contributed by atoms with E-state index in [9.17, 15) is 0 Å². The van der Waals surface area contributed by atoms with E-state index in [0.29, 0.717) is 0 Å². The first-order valence-corrected chi connectivity index (χ1v) is 7.76. The Kier molecular flexibility index (Phi) is 4.62. The fraction of sp³-hybridized carbons (Fsp3) is 0. The molecule has 2 heteroatoms. The van der Waals surface area contributed by atoms with Gasteiger partial charge in [-0.3, -0.25) is 0 Å². The lowest BCUT2D eigenvalue weighted by Gasteiger charge is -2.09. The van der Waals surface area contributed by atoms with Crippen molar-refractivity contribution in [2.24, 2.45) is 0 Å². The Morgan fingerprint density at radius 1 is 0.591 bits per heavy atom. The standard InChI is InChI=1S/C20H14Cl2/c21-18-10-6-16(7-11-18)20(14-15-4-2-1-3-5-15)17-8-12-19(22)13-9-17/h1-14H. The molecule has 22 heavy (non-hydrogen) atoms. The van der Waals surface area contributed by atoms with Crippen LogP contribution in [0.15, 0.2) is 78.9 Å². The van der Waals surface area contributed by atoms with Crippen LogP contribution in [-0.4, -0.2) is 0 Å². The van der Waals surface area contributed by atoms with Crippen LogP contribution in [0.2, 0.25) is 10.0 Å². The molecule has 3 aromatic carbocycles. The van der Waals surface area contributed by atoms with E-state index in [-0.39, 0.29) is 0 Å². The third kappa shape index (κ3) is 3.59. The van der Waals surface area contributed by atoms with Gasteiger partial charge in [0.25, 0.3) is 0 Å². The number of hydrogen-bond donors (Lipinski definition) is 0. The lowest BCUT2D eigenvalue weighted by Crippen LogP contribution is -1.88. The lowest BCUT2D eigenvalue weighted by molar-refractivity contribution is 1.55. The molecule has 0 N–H and O–H groups in total. The van der Waals surface area contributed by atoms with Crippen LogP contribution in [0.1, 0.15) is 16.7 Å². The first-order valence-electron chi connectivity index (χ1n) is 7.01. The highest BCUT2D eigenvalue weighted by Gasteiger charge is 2.06.